The van der Waals surface area contributed by atoms with Crippen LogP contribution in [0.4, 0.5) is 0 Å². The Labute approximate surface area is 99.3 Å². The highest BCUT2D eigenvalue weighted by atomic mass is 16.5. The second-order valence-corrected chi connectivity index (χ2v) is 6.08. The molecule has 0 aromatic rings. The first-order chi connectivity index (χ1) is 7.47. The molecule has 4 atom stereocenters. The van der Waals surface area contributed by atoms with E-state index in [-0.39, 0.29) is 6.04 Å². The van der Waals surface area contributed by atoms with Gasteiger partial charge in [-0.3, -0.25) is 4.90 Å². The van der Waals surface area contributed by atoms with Gasteiger partial charge in [0.05, 0.1) is 13.2 Å². The maximum Gasteiger partial charge on any atom is 0.0550 e. The fraction of sp³-hybridized carbons (Fsp3) is 1.00. The van der Waals surface area contributed by atoms with Crippen molar-refractivity contribution in [1.29, 1.82) is 0 Å². The second-order valence-electron chi connectivity index (χ2n) is 6.08. The molecule has 0 amide bonds. The van der Waals surface area contributed by atoms with Crippen LogP contribution in [0.1, 0.15) is 27.7 Å². The monoisotopic (exact) mass is 226 g/mol. The Morgan fingerprint density at radius 1 is 1.19 bits per heavy atom. The summed E-state index contributed by atoms with van der Waals surface area (Å²) in [4.78, 5) is 2.56. The molecule has 0 aliphatic carbocycles. The number of hydrogen-bond acceptors (Lipinski definition) is 3. The molecule has 16 heavy (non-hydrogen) atoms. The number of nitrogens with zero attached hydrogens (tertiary/aromatic N) is 1. The van der Waals surface area contributed by atoms with Crippen LogP contribution < -0.4 is 5.73 Å². The number of rotatable bonds is 2. The summed E-state index contributed by atoms with van der Waals surface area (Å²) in [5.41, 5.74) is 6.47. The van der Waals surface area contributed by atoms with Crippen molar-refractivity contribution in [1.82, 2.24) is 4.90 Å². The van der Waals surface area contributed by atoms with E-state index < -0.39 is 0 Å². The molecule has 0 bridgehead atoms. The Balaban J connectivity index is 2.03. The van der Waals surface area contributed by atoms with Gasteiger partial charge in [-0.1, -0.05) is 13.8 Å². The predicted octanol–water partition coefficient (Wildman–Crippen LogP) is 1.33. The molecular weight excluding hydrogens is 200 g/mol. The molecule has 0 aromatic carbocycles. The highest BCUT2D eigenvalue weighted by molar-refractivity contribution is 5.00. The van der Waals surface area contributed by atoms with Crippen molar-refractivity contribution >= 4 is 0 Å². The van der Waals surface area contributed by atoms with Gasteiger partial charge in [-0.25, -0.2) is 0 Å². The summed E-state index contributed by atoms with van der Waals surface area (Å²) in [6.45, 7) is 13.4. The smallest absolute Gasteiger partial charge is 0.0550 e. The summed E-state index contributed by atoms with van der Waals surface area (Å²) in [5.74, 6) is 1.46. The lowest BCUT2D eigenvalue weighted by Crippen LogP contribution is -2.63. The first kappa shape index (κ1) is 12.3. The van der Waals surface area contributed by atoms with Crippen LogP contribution in [0.3, 0.4) is 0 Å². The molecule has 2 heterocycles. The topological polar surface area (TPSA) is 38.5 Å². The van der Waals surface area contributed by atoms with Gasteiger partial charge >= 0.3 is 0 Å². The Morgan fingerprint density at radius 2 is 1.69 bits per heavy atom. The molecule has 3 heteroatoms. The molecule has 0 saturated carbocycles. The third kappa shape index (κ3) is 1.79. The standard InChI is InChI=1S/C13H26N2O/c1-9-5-15(12(4)11(3)14)6-10(2)13(9)7-16-8-13/h9-12H,5-8,14H2,1-4H3. The van der Waals surface area contributed by atoms with Crippen LogP contribution in [0.25, 0.3) is 0 Å². The maximum absolute atomic E-state index is 6.01. The van der Waals surface area contributed by atoms with Crippen LogP contribution in [0, 0.1) is 17.3 Å². The van der Waals surface area contributed by atoms with Crippen LogP contribution in [-0.4, -0.2) is 43.3 Å². The minimum absolute atomic E-state index is 0.256. The molecule has 94 valence electrons. The van der Waals surface area contributed by atoms with Gasteiger partial charge in [0, 0.05) is 30.6 Å². The summed E-state index contributed by atoms with van der Waals surface area (Å²) in [7, 11) is 0. The van der Waals surface area contributed by atoms with Gasteiger partial charge in [0.15, 0.2) is 0 Å². The van der Waals surface area contributed by atoms with E-state index in [2.05, 4.69) is 32.6 Å². The molecule has 2 aliphatic heterocycles. The Hall–Kier alpha value is -0.120. The van der Waals surface area contributed by atoms with Crippen molar-refractivity contribution < 1.29 is 4.74 Å². The van der Waals surface area contributed by atoms with Crippen molar-refractivity contribution in [2.24, 2.45) is 23.0 Å². The lowest BCUT2D eigenvalue weighted by molar-refractivity contribution is -0.199. The Morgan fingerprint density at radius 3 is 2.00 bits per heavy atom. The molecule has 2 aliphatic rings. The number of hydrogen-bond donors (Lipinski definition) is 1. The quantitative estimate of drug-likeness (QED) is 0.772. The fourth-order valence-electron chi connectivity index (χ4n) is 3.20. The van der Waals surface area contributed by atoms with E-state index in [4.69, 9.17) is 10.5 Å². The first-order valence-electron chi connectivity index (χ1n) is 6.55. The SMILES string of the molecule is CC(N)C(C)N1CC(C)C2(COC2)C(C)C1. The van der Waals surface area contributed by atoms with Gasteiger partial charge in [0.2, 0.25) is 0 Å². The molecule has 2 N–H and O–H groups in total. The first-order valence-corrected chi connectivity index (χ1v) is 6.55. The van der Waals surface area contributed by atoms with Crippen molar-refractivity contribution in [2.45, 2.75) is 39.8 Å². The third-order valence-corrected chi connectivity index (χ3v) is 5.06. The summed E-state index contributed by atoms with van der Waals surface area (Å²) < 4.78 is 5.46. The summed E-state index contributed by atoms with van der Waals surface area (Å²) in [6, 6.07) is 0.745. The van der Waals surface area contributed by atoms with Gasteiger partial charge in [0.25, 0.3) is 0 Å². The normalized spacial score (nSPS) is 38.1. The second kappa shape index (κ2) is 4.28. The van der Waals surface area contributed by atoms with Gasteiger partial charge < -0.3 is 10.5 Å². The van der Waals surface area contributed by atoms with Gasteiger partial charge in [-0.05, 0) is 25.7 Å². The van der Waals surface area contributed by atoms with E-state index in [1.54, 1.807) is 0 Å². The largest absolute Gasteiger partial charge is 0.380 e. The van der Waals surface area contributed by atoms with Crippen LogP contribution >= 0.6 is 0 Å². The van der Waals surface area contributed by atoms with Gasteiger partial charge in [0.1, 0.15) is 0 Å². The van der Waals surface area contributed by atoms with Crippen LogP contribution in [0.15, 0.2) is 0 Å². The Bertz CT molecular complexity index is 236. The Kier molecular flexibility index (Phi) is 3.30. The van der Waals surface area contributed by atoms with Crippen molar-refractivity contribution in [3.63, 3.8) is 0 Å². The predicted molar refractivity (Wildman–Crippen MR) is 66.3 cm³/mol. The zero-order chi connectivity index (χ0) is 11.9. The minimum atomic E-state index is 0.256. The molecule has 0 aromatic heterocycles. The van der Waals surface area contributed by atoms with E-state index in [1.807, 2.05) is 0 Å². The summed E-state index contributed by atoms with van der Waals surface area (Å²) in [5, 5.41) is 0. The van der Waals surface area contributed by atoms with E-state index in [9.17, 15) is 0 Å². The zero-order valence-corrected chi connectivity index (χ0v) is 11.1. The third-order valence-electron chi connectivity index (χ3n) is 5.06. The van der Waals surface area contributed by atoms with Gasteiger partial charge in [-0.2, -0.15) is 0 Å². The number of piperidine rings is 1. The molecular formula is C13H26N2O. The molecule has 2 rings (SSSR count). The highest BCUT2D eigenvalue weighted by Crippen LogP contribution is 2.46. The molecule has 1 spiro atoms. The number of ether oxygens (including phenoxy) is 1. The van der Waals surface area contributed by atoms with Crippen molar-refractivity contribution in [3.8, 4) is 0 Å². The average molecular weight is 226 g/mol. The van der Waals surface area contributed by atoms with E-state index in [1.165, 1.54) is 13.1 Å². The van der Waals surface area contributed by atoms with E-state index in [0.717, 1.165) is 25.0 Å². The lowest BCUT2D eigenvalue weighted by atomic mass is 9.63. The summed E-state index contributed by atoms with van der Waals surface area (Å²) in [6.07, 6.45) is 0. The average Bonchev–Trinajstić information content (AvgIpc) is 2.13. The molecule has 3 nitrogen and oxygen atoms in total. The molecule has 4 unspecified atom stereocenters. The number of nitrogens with two attached hydrogens (primary N) is 1. The maximum atomic E-state index is 6.01. The van der Waals surface area contributed by atoms with Gasteiger partial charge in [-0.15, -0.1) is 0 Å². The van der Waals surface area contributed by atoms with Crippen molar-refractivity contribution in [2.75, 3.05) is 26.3 Å². The molecule has 2 fully saturated rings. The summed E-state index contributed by atoms with van der Waals surface area (Å²) >= 11 is 0. The van der Waals surface area contributed by atoms with Crippen LogP contribution in [0.5, 0.6) is 0 Å². The number of likely N-dealkylation sites (tertiary alicyclic amines) is 1. The van der Waals surface area contributed by atoms with Crippen LogP contribution in [-0.2, 0) is 4.74 Å². The minimum Gasteiger partial charge on any atom is -0.380 e. The zero-order valence-electron chi connectivity index (χ0n) is 11.1. The fourth-order valence-corrected chi connectivity index (χ4v) is 3.20. The molecule has 2 saturated heterocycles. The lowest BCUT2D eigenvalue weighted by Gasteiger charge is -2.57. The van der Waals surface area contributed by atoms with E-state index >= 15 is 0 Å². The van der Waals surface area contributed by atoms with Crippen LogP contribution in [0.2, 0.25) is 0 Å². The molecule has 0 radical (unpaired) electrons. The van der Waals surface area contributed by atoms with E-state index in [0.29, 0.717) is 11.5 Å². The van der Waals surface area contributed by atoms with Crippen molar-refractivity contribution in [3.05, 3.63) is 0 Å². The highest BCUT2D eigenvalue weighted by Gasteiger charge is 2.51.